The van der Waals surface area contributed by atoms with Gasteiger partial charge >= 0.3 is 6.18 Å². The molecule has 0 saturated carbocycles. The molecule has 0 fully saturated rings. The van der Waals surface area contributed by atoms with Crippen molar-refractivity contribution < 1.29 is 22.9 Å². The zero-order valence-electron chi connectivity index (χ0n) is 11.5. The molecule has 0 aliphatic heterocycles. The topological polar surface area (TPSA) is 72.2 Å². The van der Waals surface area contributed by atoms with Gasteiger partial charge in [0.2, 0.25) is 5.91 Å². The van der Waals surface area contributed by atoms with Crippen LogP contribution in [0.4, 0.5) is 24.5 Å². The van der Waals surface area contributed by atoms with Crippen LogP contribution in [-0.2, 0) is 11.0 Å². The highest BCUT2D eigenvalue weighted by atomic mass is 19.4. The molecular formula is C13H15F3N2O3. The van der Waals surface area contributed by atoms with Gasteiger partial charge in [-0.3, -0.25) is 14.9 Å². The van der Waals surface area contributed by atoms with Crippen LogP contribution in [0.2, 0.25) is 0 Å². The van der Waals surface area contributed by atoms with E-state index in [0.29, 0.717) is 6.07 Å². The Labute approximate surface area is 119 Å². The van der Waals surface area contributed by atoms with Gasteiger partial charge in [-0.15, -0.1) is 0 Å². The first-order valence-corrected chi connectivity index (χ1v) is 6.30. The molecule has 116 valence electrons. The Bertz CT molecular complexity index is 544. The summed E-state index contributed by atoms with van der Waals surface area (Å²) >= 11 is 0. The number of carbonyl (C=O) groups excluding carboxylic acids is 1. The molecule has 8 heteroatoms. The largest absolute Gasteiger partial charge is 0.423 e. The summed E-state index contributed by atoms with van der Waals surface area (Å²) in [4.78, 5) is 21.1. The van der Waals surface area contributed by atoms with Crippen LogP contribution in [-0.4, -0.2) is 10.8 Å². The summed E-state index contributed by atoms with van der Waals surface area (Å²) in [5.41, 5.74) is -2.53. The SMILES string of the molecule is CCC(C)CC(=O)Nc1ccc([N+](=O)[O-])c(C(F)(F)F)c1. The second-order valence-corrected chi connectivity index (χ2v) is 4.75. The lowest BCUT2D eigenvalue weighted by Gasteiger charge is -2.12. The van der Waals surface area contributed by atoms with E-state index in [-0.39, 0.29) is 18.0 Å². The first kappa shape index (κ1) is 16.9. The minimum Gasteiger partial charge on any atom is -0.326 e. The van der Waals surface area contributed by atoms with Crippen LogP contribution >= 0.6 is 0 Å². The smallest absolute Gasteiger partial charge is 0.326 e. The second-order valence-electron chi connectivity index (χ2n) is 4.75. The lowest BCUT2D eigenvalue weighted by molar-refractivity contribution is -0.388. The Hall–Kier alpha value is -2.12. The zero-order valence-corrected chi connectivity index (χ0v) is 11.5. The van der Waals surface area contributed by atoms with Crippen molar-refractivity contribution in [3.05, 3.63) is 33.9 Å². The number of nitrogens with zero attached hydrogens (tertiary/aromatic N) is 1. The lowest BCUT2D eigenvalue weighted by Crippen LogP contribution is -2.16. The molecule has 0 bridgehead atoms. The van der Waals surface area contributed by atoms with Crippen LogP contribution in [0.3, 0.4) is 0 Å². The fourth-order valence-electron chi connectivity index (χ4n) is 1.67. The van der Waals surface area contributed by atoms with Gasteiger partial charge in [0.1, 0.15) is 5.56 Å². The van der Waals surface area contributed by atoms with Gasteiger partial charge in [-0.1, -0.05) is 20.3 Å². The van der Waals surface area contributed by atoms with E-state index in [9.17, 15) is 28.1 Å². The molecule has 0 aromatic heterocycles. The van der Waals surface area contributed by atoms with E-state index in [2.05, 4.69) is 5.32 Å². The maximum absolute atomic E-state index is 12.8. The summed E-state index contributed by atoms with van der Waals surface area (Å²) in [5.74, 6) is -0.323. The van der Waals surface area contributed by atoms with Crippen LogP contribution < -0.4 is 5.32 Å². The van der Waals surface area contributed by atoms with Crippen molar-refractivity contribution >= 4 is 17.3 Å². The molecule has 1 atom stereocenters. The number of amides is 1. The molecule has 5 nitrogen and oxygen atoms in total. The highest BCUT2D eigenvalue weighted by molar-refractivity contribution is 5.91. The van der Waals surface area contributed by atoms with Gasteiger partial charge in [0.15, 0.2) is 0 Å². The maximum Gasteiger partial charge on any atom is 0.423 e. The molecule has 1 aromatic rings. The molecule has 0 radical (unpaired) electrons. The number of anilines is 1. The Morgan fingerprint density at radius 3 is 2.52 bits per heavy atom. The summed E-state index contributed by atoms with van der Waals surface area (Å²) < 4.78 is 38.3. The van der Waals surface area contributed by atoms with Crippen LogP contribution in [0.15, 0.2) is 18.2 Å². The van der Waals surface area contributed by atoms with E-state index in [0.717, 1.165) is 18.6 Å². The number of nitro benzene ring substituents is 1. The molecule has 1 unspecified atom stereocenters. The summed E-state index contributed by atoms with van der Waals surface area (Å²) in [5, 5.41) is 12.9. The minimum absolute atomic E-state index is 0.102. The van der Waals surface area contributed by atoms with Crippen LogP contribution in [0.25, 0.3) is 0 Å². The number of nitrogens with one attached hydrogen (secondary N) is 1. The molecule has 0 aliphatic carbocycles. The normalized spacial score (nSPS) is 12.8. The Balaban J connectivity index is 3.01. The molecule has 0 spiro atoms. The highest BCUT2D eigenvalue weighted by Gasteiger charge is 2.38. The summed E-state index contributed by atoms with van der Waals surface area (Å²) in [6, 6.07) is 2.40. The molecule has 0 heterocycles. The number of carbonyl (C=O) groups is 1. The quantitative estimate of drug-likeness (QED) is 0.660. The second kappa shape index (κ2) is 6.55. The van der Waals surface area contributed by atoms with Crippen molar-refractivity contribution in [1.29, 1.82) is 0 Å². The summed E-state index contributed by atoms with van der Waals surface area (Å²) in [6.07, 6.45) is -3.92. The van der Waals surface area contributed by atoms with Gasteiger partial charge in [-0.2, -0.15) is 13.2 Å². The molecule has 0 saturated heterocycles. The van der Waals surface area contributed by atoms with Gasteiger partial charge < -0.3 is 5.32 Å². The predicted molar refractivity (Wildman–Crippen MR) is 70.8 cm³/mol. The van der Waals surface area contributed by atoms with Crippen molar-refractivity contribution in [2.45, 2.75) is 32.9 Å². The van der Waals surface area contributed by atoms with Crippen LogP contribution in [0.5, 0.6) is 0 Å². The third-order valence-corrected chi connectivity index (χ3v) is 3.01. The third-order valence-electron chi connectivity index (χ3n) is 3.01. The third kappa shape index (κ3) is 4.73. The van der Waals surface area contributed by atoms with E-state index in [1.54, 1.807) is 0 Å². The van der Waals surface area contributed by atoms with Crippen molar-refractivity contribution in [3.63, 3.8) is 0 Å². The Morgan fingerprint density at radius 1 is 1.43 bits per heavy atom. The van der Waals surface area contributed by atoms with Crippen LogP contribution in [0.1, 0.15) is 32.3 Å². The number of hydrogen-bond donors (Lipinski definition) is 1. The summed E-state index contributed by atoms with van der Waals surface area (Å²) in [7, 11) is 0. The standard InChI is InChI=1S/C13H15F3N2O3/c1-3-8(2)6-12(19)17-9-4-5-11(18(20)21)10(7-9)13(14,15)16/h4-5,7-8H,3,6H2,1-2H3,(H,17,19). The van der Waals surface area contributed by atoms with E-state index in [4.69, 9.17) is 0 Å². The Morgan fingerprint density at radius 2 is 2.05 bits per heavy atom. The molecule has 0 aliphatic rings. The molecule has 1 N–H and O–H groups in total. The fraction of sp³-hybridized carbons (Fsp3) is 0.462. The van der Waals surface area contributed by atoms with Crippen molar-refractivity contribution in [3.8, 4) is 0 Å². The van der Waals surface area contributed by atoms with E-state index < -0.39 is 28.3 Å². The van der Waals surface area contributed by atoms with Crippen molar-refractivity contribution in [2.75, 3.05) is 5.32 Å². The average Bonchev–Trinajstić information content (AvgIpc) is 2.36. The number of rotatable bonds is 5. The van der Waals surface area contributed by atoms with E-state index >= 15 is 0 Å². The number of hydrogen-bond acceptors (Lipinski definition) is 3. The van der Waals surface area contributed by atoms with Crippen molar-refractivity contribution in [1.82, 2.24) is 0 Å². The fourth-order valence-corrected chi connectivity index (χ4v) is 1.67. The number of nitro groups is 1. The average molecular weight is 304 g/mol. The van der Waals surface area contributed by atoms with E-state index in [1.807, 2.05) is 13.8 Å². The van der Waals surface area contributed by atoms with Gasteiger partial charge in [-0.25, -0.2) is 0 Å². The van der Waals surface area contributed by atoms with E-state index in [1.165, 1.54) is 0 Å². The van der Waals surface area contributed by atoms with Gasteiger partial charge in [0.25, 0.3) is 5.69 Å². The molecule has 1 rings (SSSR count). The first-order chi connectivity index (χ1) is 9.65. The molecule has 21 heavy (non-hydrogen) atoms. The maximum atomic E-state index is 12.8. The number of alkyl halides is 3. The van der Waals surface area contributed by atoms with Gasteiger partial charge in [0.05, 0.1) is 4.92 Å². The van der Waals surface area contributed by atoms with Crippen molar-refractivity contribution in [2.24, 2.45) is 5.92 Å². The monoisotopic (exact) mass is 304 g/mol. The predicted octanol–water partition coefficient (Wildman–Crippen LogP) is 3.99. The molecule has 1 aromatic carbocycles. The lowest BCUT2D eigenvalue weighted by atomic mass is 10.0. The van der Waals surface area contributed by atoms with Gasteiger partial charge in [0, 0.05) is 18.2 Å². The number of halogens is 3. The first-order valence-electron chi connectivity index (χ1n) is 6.30. The minimum atomic E-state index is -4.86. The zero-order chi connectivity index (χ0) is 16.2. The molecule has 1 amide bonds. The van der Waals surface area contributed by atoms with Gasteiger partial charge in [-0.05, 0) is 18.1 Å². The van der Waals surface area contributed by atoms with Crippen LogP contribution in [0, 0.1) is 16.0 Å². The summed E-state index contributed by atoms with van der Waals surface area (Å²) in [6.45, 7) is 3.74. The highest BCUT2D eigenvalue weighted by Crippen LogP contribution is 2.37. The Kier molecular flexibility index (Phi) is 5.28. The molecular weight excluding hydrogens is 289 g/mol. The number of benzene rings is 1.